The Balaban J connectivity index is 2.09. The van der Waals surface area contributed by atoms with E-state index in [0.29, 0.717) is 16.4 Å². The molecule has 0 aliphatic rings. The number of aryl methyl sites for hydroxylation is 1. The highest BCUT2D eigenvalue weighted by Gasteiger charge is 2.19. The van der Waals surface area contributed by atoms with Crippen molar-refractivity contribution in [1.82, 2.24) is 4.90 Å². The highest BCUT2D eigenvalue weighted by atomic mass is 32.1. The Kier molecular flexibility index (Phi) is 4.96. The number of nitriles is 1. The average Bonchev–Trinajstić information content (AvgIpc) is 3.13. The van der Waals surface area contributed by atoms with Gasteiger partial charge >= 0.3 is 0 Å². The van der Waals surface area contributed by atoms with E-state index in [2.05, 4.69) is 5.32 Å². The second-order valence-corrected chi connectivity index (χ2v) is 5.74. The predicted octanol–water partition coefficient (Wildman–Crippen LogP) is 2.89. The molecule has 0 aliphatic heterocycles. The Labute approximate surface area is 132 Å². The number of thiophene rings is 1. The number of nitrogens with one attached hydrogen (secondary N) is 1. The smallest absolute Gasteiger partial charge is 0.291 e. The first kappa shape index (κ1) is 15.8. The van der Waals surface area contributed by atoms with Gasteiger partial charge in [0.2, 0.25) is 0 Å². The molecule has 0 spiro atoms. The summed E-state index contributed by atoms with van der Waals surface area (Å²) in [5.74, 6) is -0.301. The SMILES string of the molecule is Cc1cc(NC(=O)c2ccco2)sc1C(=O)N(C)CCC#N. The van der Waals surface area contributed by atoms with Gasteiger partial charge in [0.25, 0.3) is 11.8 Å². The summed E-state index contributed by atoms with van der Waals surface area (Å²) in [5.41, 5.74) is 0.786. The minimum Gasteiger partial charge on any atom is -0.459 e. The highest BCUT2D eigenvalue weighted by molar-refractivity contribution is 7.18. The summed E-state index contributed by atoms with van der Waals surface area (Å²) >= 11 is 1.21. The minimum absolute atomic E-state index is 0.156. The molecule has 0 saturated carbocycles. The minimum atomic E-state index is -0.358. The number of carbonyl (C=O) groups is 2. The molecule has 0 aliphatic carbocycles. The Morgan fingerprint density at radius 2 is 2.27 bits per heavy atom. The van der Waals surface area contributed by atoms with E-state index in [0.717, 1.165) is 5.56 Å². The number of rotatable bonds is 5. The molecule has 0 radical (unpaired) electrons. The number of hydrogen-bond acceptors (Lipinski definition) is 5. The van der Waals surface area contributed by atoms with Crippen molar-refractivity contribution in [3.63, 3.8) is 0 Å². The summed E-state index contributed by atoms with van der Waals surface area (Å²) in [6, 6.07) is 6.96. The Morgan fingerprint density at radius 3 is 2.91 bits per heavy atom. The van der Waals surface area contributed by atoms with Crippen LogP contribution < -0.4 is 5.32 Å². The Hall–Kier alpha value is -2.59. The van der Waals surface area contributed by atoms with Crippen molar-refractivity contribution >= 4 is 28.2 Å². The maximum absolute atomic E-state index is 12.3. The first-order valence-electron chi connectivity index (χ1n) is 6.60. The third kappa shape index (κ3) is 3.54. The van der Waals surface area contributed by atoms with Gasteiger partial charge in [-0.3, -0.25) is 9.59 Å². The second kappa shape index (κ2) is 6.91. The number of anilines is 1. The molecule has 1 N–H and O–H groups in total. The summed E-state index contributed by atoms with van der Waals surface area (Å²) in [6.07, 6.45) is 1.71. The number of amides is 2. The largest absolute Gasteiger partial charge is 0.459 e. The predicted molar refractivity (Wildman–Crippen MR) is 82.9 cm³/mol. The molecule has 22 heavy (non-hydrogen) atoms. The Bertz CT molecular complexity index is 713. The zero-order chi connectivity index (χ0) is 16.1. The molecule has 0 saturated heterocycles. The summed E-state index contributed by atoms with van der Waals surface area (Å²) in [7, 11) is 1.65. The summed E-state index contributed by atoms with van der Waals surface area (Å²) in [5, 5.41) is 11.9. The number of furan rings is 1. The first-order valence-corrected chi connectivity index (χ1v) is 7.42. The van der Waals surface area contributed by atoms with E-state index in [4.69, 9.17) is 9.68 Å². The third-order valence-corrected chi connectivity index (χ3v) is 4.14. The molecule has 0 bridgehead atoms. The van der Waals surface area contributed by atoms with Gasteiger partial charge in [-0.15, -0.1) is 11.3 Å². The van der Waals surface area contributed by atoms with Crippen LogP contribution in [0.25, 0.3) is 0 Å². The van der Waals surface area contributed by atoms with Gasteiger partial charge in [-0.25, -0.2) is 0 Å². The lowest BCUT2D eigenvalue weighted by Gasteiger charge is -2.14. The van der Waals surface area contributed by atoms with E-state index >= 15 is 0 Å². The van der Waals surface area contributed by atoms with Crippen molar-refractivity contribution in [1.29, 1.82) is 5.26 Å². The van der Waals surface area contributed by atoms with E-state index < -0.39 is 0 Å². The van der Waals surface area contributed by atoms with Crippen molar-refractivity contribution in [3.05, 3.63) is 40.7 Å². The van der Waals surface area contributed by atoms with Crippen LogP contribution >= 0.6 is 11.3 Å². The zero-order valence-corrected chi connectivity index (χ0v) is 13.1. The molecular formula is C15H15N3O3S. The normalized spacial score (nSPS) is 10.0. The number of hydrogen-bond donors (Lipinski definition) is 1. The van der Waals surface area contributed by atoms with Crippen LogP contribution in [0.1, 0.15) is 32.2 Å². The lowest BCUT2D eigenvalue weighted by molar-refractivity contribution is 0.0802. The van der Waals surface area contributed by atoms with Crippen molar-refractivity contribution in [2.45, 2.75) is 13.3 Å². The van der Waals surface area contributed by atoms with E-state index in [1.807, 2.05) is 13.0 Å². The quantitative estimate of drug-likeness (QED) is 0.918. The van der Waals surface area contributed by atoms with Crippen LogP contribution in [-0.4, -0.2) is 30.3 Å². The third-order valence-electron chi connectivity index (χ3n) is 3.00. The highest BCUT2D eigenvalue weighted by Crippen LogP contribution is 2.28. The van der Waals surface area contributed by atoms with Crippen LogP contribution in [0.3, 0.4) is 0 Å². The van der Waals surface area contributed by atoms with Gasteiger partial charge in [-0.05, 0) is 30.7 Å². The van der Waals surface area contributed by atoms with Gasteiger partial charge in [0.15, 0.2) is 5.76 Å². The molecule has 0 atom stereocenters. The zero-order valence-electron chi connectivity index (χ0n) is 12.3. The average molecular weight is 317 g/mol. The summed E-state index contributed by atoms with van der Waals surface area (Å²) < 4.78 is 5.02. The fourth-order valence-corrected chi connectivity index (χ4v) is 2.89. The monoisotopic (exact) mass is 317 g/mol. The summed E-state index contributed by atoms with van der Waals surface area (Å²) in [6.45, 7) is 2.19. The van der Waals surface area contributed by atoms with Crippen molar-refractivity contribution in [3.8, 4) is 6.07 Å². The van der Waals surface area contributed by atoms with Crippen LogP contribution in [-0.2, 0) is 0 Å². The van der Waals surface area contributed by atoms with Gasteiger partial charge in [0.05, 0.1) is 28.6 Å². The topological polar surface area (TPSA) is 86.3 Å². The van der Waals surface area contributed by atoms with E-state index in [1.165, 1.54) is 22.5 Å². The molecule has 0 aromatic carbocycles. The van der Waals surface area contributed by atoms with Gasteiger partial charge < -0.3 is 14.6 Å². The first-order chi connectivity index (χ1) is 10.5. The standard InChI is InChI=1S/C15H15N3O3S/c1-10-9-12(17-14(19)11-5-3-8-21-11)22-13(10)15(20)18(2)7-4-6-16/h3,5,8-9H,4,7H2,1-2H3,(H,17,19). The Morgan fingerprint density at radius 1 is 1.50 bits per heavy atom. The molecule has 114 valence electrons. The fourth-order valence-electron chi connectivity index (χ4n) is 1.83. The molecule has 2 heterocycles. The molecule has 2 rings (SSSR count). The van der Waals surface area contributed by atoms with Crippen LogP contribution in [0.5, 0.6) is 0 Å². The van der Waals surface area contributed by atoms with Crippen molar-refractivity contribution in [2.24, 2.45) is 0 Å². The molecule has 0 unspecified atom stereocenters. The van der Waals surface area contributed by atoms with Crippen LogP contribution in [0.2, 0.25) is 0 Å². The summed E-state index contributed by atoms with van der Waals surface area (Å²) in [4.78, 5) is 26.3. The molecular weight excluding hydrogens is 302 g/mol. The van der Waals surface area contributed by atoms with Gasteiger partial charge in [0, 0.05) is 13.6 Å². The van der Waals surface area contributed by atoms with Crippen molar-refractivity contribution in [2.75, 3.05) is 18.9 Å². The second-order valence-electron chi connectivity index (χ2n) is 4.69. The van der Waals surface area contributed by atoms with Gasteiger partial charge in [-0.2, -0.15) is 5.26 Å². The van der Waals surface area contributed by atoms with Crippen LogP contribution in [0, 0.1) is 18.3 Å². The number of nitrogens with zero attached hydrogens (tertiary/aromatic N) is 2. The molecule has 6 nitrogen and oxygen atoms in total. The maximum atomic E-state index is 12.3. The lowest BCUT2D eigenvalue weighted by atomic mass is 10.2. The molecule has 0 fully saturated rings. The number of carbonyl (C=O) groups excluding carboxylic acids is 2. The maximum Gasteiger partial charge on any atom is 0.291 e. The van der Waals surface area contributed by atoms with Crippen LogP contribution in [0.4, 0.5) is 5.00 Å². The van der Waals surface area contributed by atoms with Gasteiger partial charge in [-0.1, -0.05) is 0 Å². The van der Waals surface area contributed by atoms with Crippen LogP contribution in [0.15, 0.2) is 28.9 Å². The molecule has 2 aromatic heterocycles. The van der Waals surface area contributed by atoms with E-state index in [-0.39, 0.29) is 24.0 Å². The lowest BCUT2D eigenvalue weighted by Crippen LogP contribution is -2.27. The molecule has 2 aromatic rings. The van der Waals surface area contributed by atoms with Gasteiger partial charge in [0.1, 0.15) is 0 Å². The molecule has 2 amide bonds. The fraction of sp³-hybridized carbons (Fsp3) is 0.267. The van der Waals surface area contributed by atoms with Crippen molar-refractivity contribution < 1.29 is 14.0 Å². The molecule has 7 heteroatoms. The van der Waals surface area contributed by atoms with E-state index in [1.54, 1.807) is 25.2 Å². The van der Waals surface area contributed by atoms with E-state index in [9.17, 15) is 9.59 Å².